The lowest BCUT2D eigenvalue weighted by atomic mass is 9.73. The fraction of sp³-hybridized carbons (Fsp3) is 0.647. The standard InChI is InChI=1S/C17H26N2O2S/c1-16(2,3)19-15(21)14(20)18-12-17(9-5-4-6-10-17)13-8-7-11-22-13/h7-8,11H,4-6,9-10,12H2,1-3H3,(H,18,20)(H,19,21). The highest BCUT2D eigenvalue weighted by Gasteiger charge is 2.35. The van der Waals surface area contributed by atoms with E-state index in [9.17, 15) is 9.59 Å². The molecule has 2 N–H and O–H groups in total. The van der Waals surface area contributed by atoms with Crippen molar-refractivity contribution in [3.63, 3.8) is 0 Å². The van der Waals surface area contributed by atoms with E-state index in [1.54, 1.807) is 11.3 Å². The average Bonchev–Trinajstić information content (AvgIpc) is 2.98. The van der Waals surface area contributed by atoms with Gasteiger partial charge in [0.2, 0.25) is 0 Å². The third-order valence-electron chi connectivity index (χ3n) is 4.14. The number of hydrogen-bond acceptors (Lipinski definition) is 3. The van der Waals surface area contributed by atoms with Gasteiger partial charge in [0.25, 0.3) is 0 Å². The molecule has 1 fully saturated rings. The fourth-order valence-corrected chi connectivity index (χ4v) is 4.03. The lowest BCUT2D eigenvalue weighted by molar-refractivity contribution is -0.140. The van der Waals surface area contributed by atoms with Crippen molar-refractivity contribution in [2.45, 2.75) is 63.8 Å². The monoisotopic (exact) mass is 322 g/mol. The van der Waals surface area contributed by atoms with Gasteiger partial charge in [0.1, 0.15) is 0 Å². The summed E-state index contributed by atoms with van der Waals surface area (Å²) in [6.45, 7) is 6.15. The quantitative estimate of drug-likeness (QED) is 0.841. The molecule has 1 aliphatic rings. The number of rotatable bonds is 3. The molecule has 22 heavy (non-hydrogen) atoms. The van der Waals surface area contributed by atoms with E-state index in [4.69, 9.17) is 0 Å². The van der Waals surface area contributed by atoms with Crippen LogP contribution in [0.1, 0.15) is 57.8 Å². The molecule has 122 valence electrons. The first-order chi connectivity index (χ1) is 10.3. The number of thiophene rings is 1. The molecule has 1 saturated carbocycles. The molecule has 0 atom stereocenters. The lowest BCUT2D eigenvalue weighted by Crippen LogP contribution is -2.51. The third kappa shape index (κ3) is 4.32. The van der Waals surface area contributed by atoms with Crippen LogP contribution in [0.25, 0.3) is 0 Å². The second-order valence-electron chi connectivity index (χ2n) is 7.21. The number of amides is 2. The van der Waals surface area contributed by atoms with E-state index < -0.39 is 17.4 Å². The minimum absolute atomic E-state index is 0.00406. The molecular weight excluding hydrogens is 296 g/mol. The van der Waals surface area contributed by atoms with Crippen LogP contribution in [-0.2, 0) is 15.0 Å². The summed E-state index contributed by atoms with van der Waals surface area (Å²) in [6, 6.07) is 4.21. The van der Waals surface area contributed by atoms with Gasteiger partial charge in [-0.2, -0.15) is 0 Å². The third-order valence-corrected chi connectivity index (χ3v) is 5.25. The maximum absolute atomic E-state index is 12.1. The summed E-state index contributed by atoms with van der Waals surface area (Å²) in [5.41, 5.74) is -0.394. The average molecular weight is 322 g/mol. The molecule has 1 heterocycles. The first kappa shape index (κ1) is 17.0. The van der Waals surface area contributed by atoms with Crippen LogP contribution in [-0.4, -0.2) is 23.9 Å². The van der Waals surface area contributed by atoms with E-state index >= 15 is 0 Å². The van der Waals surface area contributed by atoms with Crippen LogP contribution < -0.4 is 10.6 Å². The van der Waals surface area contributed by atoms with Gasteiger partial charge in [0, 0.05) is 22.4 Å². The fourth-order valence-electron chi connectivity index (χ4n) is 3.05. The van der Waals surface area contributed by atoms with Crippen LogP contribution in [0.4, 0.5) is 0 Å². The zero-order chi connectivity index (χ0) is 16.2. The highest BCUT2D eigenvalue weighted by molar-refractivity contribution is 7.10. The Kier molecular flexibility index (Phi) is 5.27. The van der Waals surface area contributed by atoms with Gasteiger partial charge in [-0.1, -0.05) is 25.3 Å². The van der Waals surface area contributed by atoms with Gasteiger partial charge in [-0.05, 0) is 45.1 Å². The van der Waals surface area contributed by atoms with Crippen LogP contribution >= 0.6 is 11.3 Å². The summed E-state index contributed by atoms with van der Waals surface area (Å²) in [6.07, 6.45) is 5.78. The van der Waals surface area contributed by atoms with Gasteiger partial charge in [-0.25, -0.2) is 0 Å². The number of hydrogen-bond donors (Lipinski definition) is 2. The van der Waals surface area contributed by atoms with Gasteiger partial charge >= 0.3 is 11.8 Å². The van der Waals surface area contributed by atoms with E-state index in [0.717, 1.165) is 12.8 Å². The Bertz CT molecular complexity index is 511. The van der Waals surface area contributed by atoms with Gasteiger partial charge < -0.3 is 10.6 Å². The molecule has 0 radical (unpaired) electrons. The van der Waals surface area contributed by atoms with Crippen molar-refractivity contribution in [3.8, 4) is 0 Å². The van der Waals surface area contributed by atoms with E-state index in [2.05, 4.69) is 28.1 Å². The molecule has 1 aromatic heterocycles. The molecule has 4 nitrogen and oxygen atoms in total. The van der Waals surface area contributed by atoms with E-state index in [1.165, 1.54) is 24.1 Å². The molecule has 1 aliphatic carbocycles. The highest BCUT2D eigenvalue weighted by atomic mass is 32.1. The molecule has 2 amide bonds. The number of nitrogens with one attached hydrogen (secondary N) is 2. The summed E-state index contributed by atoms with van der Waals surface area (Å²) >= 11 is 1.75. The summed E-state index contributed by atoms with van der Waals surface area (Å²) in [7, 11) is 0. The Morgan fingerprint density at radius 3 is 2.41 bits per heavy atom. The summed E-state index contributed by atoms with van der Waals surface area (Å²) < 4.78 is 0. The largest absolute Gasteiger partial charge is 0.347 e. The van der Waals surface area contributed by atoms with Crippen molar-refractivity contribution in [1.82, 2.24) is 10.6 Å². The molecule has 0 saturated heterocycles. The minimum atomic E-state index is -0.551. The highest BCUT2D eigenvalue weighted by Crippen LogP contribution is 2.41. The minimum Gasteiger partial charge on any atom is -0.347 e. The van der Waals surface area contributed by atoms with E-state index in [1.807, 2.05) is 20.8 Å². The Labute approximate surface area is 136 Å². The molecule has 0 aromatic carbocycles. The van der Waals surface area contributed by atoms with Crippen molar-refractivity contribution in [2.75, 3.05) is 6.54 Å². The van der Waals surface area contributed by atoms with Gasteiger partial charge in [-0.3, -0.25) is 9.59 Å². The Balaban J connectivity index is 2.00. The number of carbonyl (C=O) groups excluding carboxylic acids is 2. The number of carbonyl (C=O) groups is 2. The van der Waals surface area contributed by atoms with Gasteiger partial charge in [0.05, 0.1) is 0 Å². The maximum Gasteiger partial charge on any atom is 0.309 e. The van der Waals surface area contributed by atoms with E-state index in [-0.39, 0.29) is 5.41 Å². The molecule has 0 aliphatic heterocycles. The first-order valence-corrected chi connectivity index (χ1v) is 8.85. The van der Waals surface area contributed by atoms with Crippen molar-refractivity contribution < 1.29 is 9.59 Å². The molecule has 0 unspecified atom stereocenters. The van der Waals surface area contributed by atoms with Crippen LogP contribution in [0.15, 0.2) is 17.5 Å². The molecule has 2 rings (SSSR count). The Morgan fingerprint density at radius 1 is 1.18 bits per heavy atom. The molecular formula is C17H26N2O2S. The van der Waals surface area contributed by atoms with Gasteiger partial charge in [0.15, 0.2) is 0 Å². The molecule has 5 heteroatoms. The Hall–Kier alpha value is -1.36. The zero-order valence-electron chi connectivity index (χ0n) is 13.7. The van der Waals surface area contributed by atoms with Crippen molar-refractivity contribution >= 4 is 23.2 Å². The predicted octanol–water partition coefficient (Wildman–Crippen LogP) is 2.98. The van der Waals surface area contributed by atoms with Crippen molar-refractivity contribution in [1.29, 1.82) is 0 Å². The van der Waals surface area contributed by atoms with Crippen LogP contribution in [0.3, 0.4) is 0 Å². The van der Waals surface area contributed by atoms with Gasteiger partial charge in [-0.15, -0.1) is 11.3 Å². The first-order valence-electron chi connectivity index (χ1n) is 7.97. The molecule has 0 spiro atoms. The lowest BCUT2D eigenvalue weighted by Gasteiger charge is -2.36. The van der Waals surface area contributed by atoms with E-state index in [0.29, 0.717) is 6.54 Å². The predicted molar refractivity (Wildman–Crippen MR) is 90.0 cm³/mol. The molecule has 0 bridgehead atoms. The molecule has 1 aromatic rings. The Morgan fingerprint density at radius 2 is 1.86 bits per heavy atom. The second-order valence-corrected chi connectivity index (χ2v) is 8.15. The van der Waals surface area contributed by atoms with Crippen LogP contribution in [0, 0.1) is 0 Å². The summed E-state index contributed by atoms with van der Waals surface area (Å²) in [5, 5.41) is 7.65. The second kappa shape index (κ2) is 6.82. The SMILES string of the molecule is CC(C)(C)NC(=O)C(=O)NCC1(c2cccs2)CCCCC1. The summed E-state index contributed by atoms with van der Waals surface area (Å²) in [4.78, 5) is 25.3. The topological polar surface area (TPSA) is 58.2 Å². The normalized spacial score (nSPS) is 17.8. The van der Waals surface area contributed by atoms with Crippen LogP contribution in [0.2, 0.25) is 0 Å². The zero-order valence-corrected chi connectivity index (χ0v) is 14.5. The smallest absolute Gasteiger partial charge is 0.309 e. The van der Waals surface area contributed by atoms with Crippen molar-refractivity contribution in [3.05, 3.63) is 22.4 Å². The van der Waals surface area contributed by atoms with Crippen LogP contribution in [0.5, 0.6) is 0 Å². The maximum atomic E-state index is 12.1. The summed E-state index contributed by atoms with van der Waals surface area (Å²) in [5.74, 6) is -1.08. The van der Waals surface area contributed by atoms with Crippen molar-refractivity contribution in [2.24, 2.45) is 0 Å².